The zero-order valence-electron chi connectivity index (χ0n) is 24.4. The van der Waals surface area contributed by atoms with E-state index in [9.17, 15) is 22.4 Å². The van der Waals surface area contributed by atoms with Gasteiger partial charge >= 0.3 is 12.1 Å². The summed E-state index contributed by atoms with van der Waals surface area (Å²) in [5, 5.41) is 3.26. The van der Waals surface area contributed by atoms with E-state index in [2.05, 4.69) is 21.2 Å². The zero-order valence-corrected chi connectivity index (χ0v) is 27.5. The average molecular weight is 701 g/mol. The molecule has 0 heterocycles. The molecule has 2 aromatic carbocycles. The lowest BCUT2D eigenvalue weighted by Gasteiger charge is -2.26. The number of carbonyl (C=O) groups is 2. The van der Waals surface area contributed by atoms with Crippen molar-refractivity contribution < 1.29 is 36.1 Å². The van der Waals surface area contributed by atoms with Gasteiger partial charge in [0, 0.05) is 21.5 Å². The maximum absolute atomic E-state index is 14.5. The van der Waals surface area contributed by atoms with Crippen LogP contribution in [0.15, 0.2) is 81.2 Å². The minimum atomic E-state index is -4.18. The van der Waals surface area contributed by atoms with E-state index in [1.165, 1.54) is 24.3 Å². The number of amides is 1. The second-order valence-corrected chi connectivity index (χ2v) is 14.0. The lowest BCUT2D eigenvalue weighted by atomic mass is 9.89. The fourth-order valence-electron chi connectivity index (χ4n) is 4.41. The Hall–Kier alpha value is -2.73. The van der Waals surface area contributed by atoms with Gasteiger partial charge in [0.2, 0.25) is 0 Å². The summed E-state index contributed by atoms with van der Waals surface area (Å²) in [5.74, 6) is -2.22. The van der Waals surface area contributed by atoms with E-state index in [1.54, 1.807) is 70.2 Å². The van der Waals surface area contributed by atoms with Crippen LogP contribution >= 0.6 is 27.5 Å². The first-order valence-electron chi connectivity index (χ1n) is 13.8. The number of hydrogen-bond acceptors (Lipinski definition) is 7. The fraction of sp³-hybridized carbons (Fsp3) is 0.419. The van der Waals surface area contributed by atoms with Crippen molar-refractivity contribution in [1.29, 1.82) is 0 Å². The molecule has 234 valence electrons. The number of allylic oxidation sites excluding steroid dienone is 4. The third-order valence-corrected chi connectivity index (χ3v) is 8.48. The van der Waals surface area contributed by atoms with Crippen molar-refractivity contribution in [3.05, 3.63) is 87.4 Å². The molecule has 3 rings (SSSR count). The van der Waals surface area contributed by atoms with Gasteiger partial charge in [0.05, 0.1) is 24.0 Å². The summed E-state index contributed by atoms with van der Waals surface area (Å²) >= 11 is 9.34. The van der Waals surface area contributed by atoms with Gasteiger partial charge in [-0.15, -0.1) is 0 Å². The van der Waals surface area contributed by atoms with Crippen LogP contribution in [0.5, 0.6) is 0 Å². The van der Waals surface area contributed by atoms with Gasteiger partial charge < -0.3 is 14.8 Å². The fourth-order valence-corrected chi connectivity index (χ4v) is 5.83. The molecule has 0 aromatic heterocycles. The zero-order chi connectivity index (χ0) is 31.8. The number of alkyl carbamates (subject to hydrolysis) is 1. The van der Waals surface area contributed by atoms with Gasteiger partial charge in [-0.3, -0.25) is 8.98 Å². The third kappa shape index (κ3) is 11.0. The Bertz CT molecular complexity index is 1420. The molecule has 0 saturated carbocycles. The van der Waals surface area contributed by atoms with E-state index in [4.69, 9.17) is 25.3 Å². The summed E-state index contributed by atoms with van der Waals surface area (Å²) in [4.78, 5) is 25.6. The van der Waals surface area contributed by atoms with Crippen LogP contribution in [-0.2, 0) is 35.0 Å². The van der Waals surface area contributed by atoms with Crippen LogP contribution in [0.1, 0.15) is 51.2 Å². The van der Waals surface area contributed by atoms with Gasteiger partial charge in [-0.1, -0.05) is 57.9 Å². The number of rotatable bonds is 12. The van der Waals surface area contributed by atoms with Gasteiger partial charge in [0.25, 0.3) is 10.1 Å². The van der Waals surface area contributed by atoms with Gasteiger partial charge in [0.1, 0.15) is 11.8 Å². The number of alkyl halides is 1. The summed E-state index contributed by atoms with van der Waals surface area (Å²) in [6.45, 7) is 6.39. The van der Waals surface area contributed by atoms with E-state index in [0.717, 1.165) is 11.1 Å². The van der Waals surface area contributed by atoms with Crippen LogP contribution in [0, 0.1) is 5.92 Å². The molecule has 2 aromatic rings. The van der Waals surface area contributed by atoms with E-state index in [1.807, 2.05) is 0 Å². The largest absolute Gasteiger partial charge is 0.466 e. The summed E-state index contributed by atoms with van der Waals surface area (Å²) in [7, 11) is -4.18. The molecular formula is C31H36BrClFNO7S. The highest BCUT2D eigenvalue weighted by Crippen LogP contribution is 2.31. The maximum atomic E-state index is 14.5. The summed E-state index contributed by atoms with van der Waals surface area (Å²) in [6.07, 6.45) is 2.93. The van der Waals surface area contributed by atoms with Gasteiger partial charge in [0.15, 0.2) is 0 Å². The highest BCUT2D eigenvalue weighted by atomic mass is 79.9. The van der Waals surface area contributed by atoms with Gasteiger partial charge in [-0.2, -0.15) is 8.42 Å². The topological polar surface area (TPSA) is 108 Å². The number of benzene rings is 2. The number of hydrogen-bond donors (Lipinski definition) is 1. The third-order valence-electron chi connectivity index (χ3n) is 6.40. The van der Waals surface area contributed by atoms with Crippen LogP contribution in [0.2, 0.25) is 0 Å². The molecular weight excluding hydrogens is 665 g/mol. The van der Waals surface area contributed by atoms with Crippen molar-refractivity contribution >= 4 is 49.7 Å². The number of carbonyl (C=O) groups excluding carboxylic acids is 2. The highest BCUT2D eigenvalue weighted by Gasteiger charge is 2.30. The summed E-state index contributed by atoms with van der Waals surface area (Å²) in [6, 6.07) is 12.4. The molecule has 0 aliphatic heterocycles. The van der Waals surface area contributed by atoms with Crippen molar-refractivity contribution in [2.75, 3.05) is 13.2 Å². The second kappa shape index (κ2) is 15.3. The Morgan fingerprint density at radius 2 is 1.74 bits per heavy atom. The van der Waals surface area contributed by atoms with Crippen LogP contribution in [0.25, 0.3) is 0 Å². The molecule has 1 amide bonds. The molecule has 8 nitrogen and oxygen atoms in total. The summed E-state index contributed by atoms with van der Waals surface area (Å²) in [5.41, 5.74) is 0.740. The Kier molecular flexibility index (Phi) is 12.4. The minimum absolute atomic E-state index is 0.00595. The molecule has 0 bridgehead atoms. The van der Waals surface area contributed by atoms with Gasteiger partial charge in [-0.25, -0.2) is 9.18 Å². The second-order valence-electron chi connectivity index (χ2n) is 11.0. The lowest BCUT2D eigenvalue weighted by Crippen LogP contribution is -2.43. The normalized spacial score (nSPS) is 18.3. The van der Waals surface area contributed by atoms with E-state index in [-0.39, 0.29) is 24.3 Å². The molecule has 1 aliphatic rings. The molecule has 0 radical (unpaired) electrons. The average Bonchev–Trinajstić information content (AvgIpc) is 2.92. The molecule has 1 N–H and O–H groups in total. The Morgan fingerprint density at radius 3 is 2.35 bits per heavy atom. The first kappa shape index (κ1) is 34.8. The smallest absolute Gasteiger partial charge is 0.407 e. The highest BCUT2D eigenvalue weighted by molar-refractivity contribution is 9.10. The number of ether oxygens (including phenoxy) is 2. The first-order valence-corrected chi connectivity index (χ1v) is 16.3. The maximum Gasteiger partial charge on any atom is 0.407 e. The van der Waals surface area contributed by atoms with E-state index in [0.29, 0.717) is 9.51 Å². The van der Waals surface area contributed by atoms with Crippen LogP contribution in [-0.4, -0.2) is 51.5 Å². The molecule has 12 heteroatoms. The number of halogens is 3. The van der Waals surface area contributed by atoms with Crippen LogP contribution in [0.4, 0.5) is 9.18 Å². The predicted molar refractivity (Wildman–Crippen MR) is 166 cm³/mol. The van der Waals surface area contributed by atoms with Crippen LogP contribution in [0.3, 0.4) is 0 Å². The lowest BCUT2D eigenvalue weighted by molar-refractivity contribution is -0.149. The van der Waals surface area contributed by atoms with Crippen molar-refractivity contribution in [2.24, 2.45) is 5.92 Å². The molecule has 0 saturated heterocycles. The Labute approximate surface area is 265 Å². The molecule has 1 aliphatic carbocycles. The molecule has 4 atom stereocenters. The van der Waals surface area contributed by atoms with Crippen molar-refractivity contribution in [2.45, 2.75) is 69.2 Å². The van der Waals surface area contributed by atoms with Crippen molar-refractivity contribution in [3.8, 4) is 0 Å². The Balaban J connectivity index is 1.81. The number of nitrogens with one attached hydrogen (secondary N) is 1. The molecule has 43 heavy (non-hydrogen) atoms. The van der Waals surface area contributed by atoms with E-state index < -0.39 is 58.4 Å². The van der Waals surface area contributed by atoms with Crippen molar-refractivity contribution in [3.63, 3.8) is 0 Å². The van der Waals surface area contributed by atoms with Gasteiger partial charge in [-0.05, 0) is 88.1 Å². The quantitative estimate of drug-likeness (QED) is 0.188. The SMILES string of the molecule is CCOC(=O)C(COS(=O)(=O)c1ccc(Br)cc1)C[C@@H](Cc1ccc(C2C=C(Cl)C=CC2F)cc1)NC(=O)OC(C)(C)C. The molecule has 0 spiro atoms. The molecule has 0 fully saturated rings. The van der Waals surface area contributed by atoms with Crippen LogP contribution < -0.4 is 5.32 Å². The molecule has 3 unspecified atom stereocenters. The Morgan fingerprint density at radius 1 is 1.09 bits per heavy atom. The predicted octanol–water partition coefficient (Wildman–Crippen LogP) is 6.97. The minimum Gasteiger partial charge on any atom is -0.466 e. The van der Waals surface area contributed by atoms with E-state index >= 15 is 0 Å². The standard InChI is InChI=1S/C31H36BrClFNO7S/c1-5-40-29(36)22(19-41-43(38,39)26-13-10-23(32)11-14-26)17-25(35-30(37)42-31(2,3)4)16-20-6-8-21(9-7-20)27-18-24(33)12-15-28(27)34/h6-15,18,22,25,27-28H,5,16-17,19H2,1-4H3,(H,35,37)/t22?,25-,27?,28?/m1/s1. The number of esters is 1. The summed E-state index contributed by atoms with van der Waals surface area (Å²) < 4.78 is 56.8. The van der Waals surface area contributed by atoms with Crippen molar-refractivity contribution in [1.82, 2.24) is 5.32 Å². The monoisotopic (exact) mass is 699 g/mol. The first-order chi connectivity index (χ1) is 20.2.